The van der Waals surface area contributed by atoms with Gasteiger partial charge in [-0.15, -0.1) is 10.2 Å². The summed E-state index contributed by atoms with van der Waals surface area (Å²) in [6.07, 6.45) is -1.17. The van der Waals surface area contributed by atoms with Crippen molar-refractivity contribution in [2.45, 2.75) is 18.9 Å². The summed E-state index contributed by atoms with van der Waals surface area (Å²) in [4.78, 5) is 11.3. The van der Waals surface area contributed by atoms with Gasteiger partial charge in [0.25, 0.3) is 5.89 Å². The lowest BCUT2D eigenvalue weighted by Crippen LogP contribution is -2.44. The molecule has 27 heavy (non-hydrogen) atoms. The highest BCUT2D eigenvalue weighted by molar-refractivity contribution is 9.10. The van der Waals surface area contributed by atoms with E-state index in [1.807, 2.05) is 0 Å². The molecule has 0 aliphatic heterocycles. The lowest BCUT2D eigenvalue weighted by molar-refractivity contribution is 0.172. The molecule has 0 aliphatic carbocycles. The molecule has 0 fully saturated rings. The molecule has 0 radical (unpaired) electrons. The average molecular weight is 438 g/mol. The number of aromatic nitrogens is 2. The van der Waals surface area contributed by atoms with Gasteiger partial charge in [-0.05, 0) is 42.8 Å². The van der Waals surface area contributed by atoms with Gasteiger partial charge in [0.05, 0.1) is 5.56 Å². The molecule has 3 rings (SSSR count). The fourth-order valence-electron chi connectivity index (χ4n) is 2.64. The normalized spacial score (nSPS) is 13.2. The van der Waals surface area contributed by atoms with E-state index < -0.39 is 23.3 Å². The van der Waals surface area contributed by atoms with Crippen molar-refractivity contribution in [3.8, 4) is 11.5 Å². The predicted molar refractivity (Wildman–Crippen MR) is 96.0 cm³/mol. The molecule has 1 aromatic heterocycles. The number of carboxylic acid groups (broad SMARTS) is 1. The van der Waals surface area contributed by atoms with Crippen molar-refractivity contribution in [1.29, 1.82) is 0 Å². The fourth-order valence-corrected chi connectivity index (χ4v) is 3.00. The summed E-state index contributed by atoms with van der Waals surface area (Å²) in [5.41, 5.74) is -0.555. The third kappa shape index (κ3) is 4.30. The van der Waals surface area contributed by atoms with E-state index in [1.165, 1.54) is 42.5 Å². The Morgan fingerprint density at radius 1 is 1.22 bits per heavy atom. The lowest BCUT2D eigenvalue weighted by atomic mass is 9.92. The minimum absolute atomic E-state index is 0.0383. The standard InChI is InChI=1S/C18H14BrF2N3O3/c1-18(22-17(25)26,9-10-2-5-12(20)6-3-10)16-24-23-15(27-16)13-8-11(19)4-7-14(13)21/h2-8,22H,9H2,1H3,(H,25,26). The van der Waals surface area contributed by atoms with Crippen LogP contribution in [-0.2, 0) is 12.0 Å². The Morgan fingerprint density at radius 3 is 2.59 bits per heavy atom. The molecule has 0 saturated carbocycles. The molecule has 0 spiro atoms. The van der Waals surface area contributed by atoms with Crippen LogP contribution in [-0.4, -0.2) is 21.4 Å². The van der Waals surface area contributed by atoms with Gasteiger partial charge in [-0.2, -0.15) is 0 Å². The van der Waals surface area contributed by atoms with Crippen molar-refractivity contribution in [2.75, 3.05) is 0 Å². The molecular formula is C18H14BrF2N3O3. The second-order valence-corrected chi connectivity index (χ2v) is 7.02. The summed E-state index contributed by atoms with van der Waals surface area (Å²) >= 11 is 3.25. The lowest BCUT2D eigenvalue weighted by Gasteiger charge is -2.25. The molecule has 0 saturated heterocycles. The number of nitrogens with zero attached hydrogens (tertiary/aromatic N) is 2. The summed E-state index contributed by atoms with van der Waals surface area (Å²) in [6.45, 7) is 1.55. The van der Waals surface area contributed by atoms with Crippen LogP contribution >= 0.6 is 15.9 Å². The van der Waals surface area contributed by atoms with Gasteiger partial charge in [-0.3, -0.25) is 0 Å². The number of nitrogens with one attached hydrogen (secondary N) is 1. The second-order valence-electron chi connectivity index (χ2n) is 6.10. The first-order valence-electron chi connectivity index (χ1n) is 7.82. The quantitative estimate of drug-likeness (QED) is 0.613. The second kappa shape index (κ2) is 7.43. The topological polar surface area (TPSA) is 88.2 Å². The van der Waals surface area contributed by atoms with Crippen LogP contribution in [0.4, 0.5) is 13.6 Å². The Morgan fingerprint density at radius 2 is 1.93 bits per heavy atom. The zero-order valence-corrected chi connectivity index (χ0v) is 15.6. The maximum absolute atomic E-state index is 14.1. The smallest absolute Gasteiger partial charge is 0.405 e. The van der Waals surface area contributed by atoms with Gasteiger partial charge in [0.2, 0.25) is 5.89 Å². The first-order chi connectivity index (χ1) is 12.8. The van der Waals surface area contributed by atoms with Crippen LogP contribution in [0.15, 0.2) is 51.4 Å². The third-order valence-electron chi connectivity index (χ3n) is 3.91. The molecule has 140 valence electrons. The van der Waals surface area contributed by atoms with Crippen LogP contribution in [0, 0.1) is 11.6 Å². The van der Waals surface area contributed by atoms with Gasteiger partial charge >= 0.3 is 6.09 Å². The number of rotatable bonds is 5. The van der Waals surface area contributed by atoms with E-state index in [0.29, 0.717) is 10.0 Å². The number of hydrogen-bond acceptors (Lipinski definition) is 4. The zero-order chi connectivity index (χ0) is 19.6. The van der Waals surface area contributed by atoms with Crippen LogP contribution in [0.3, 0.4) is 0 Å². The van der Waals surface area contributed by atoms with E-state index in [-0.39, 0.29) is 23.8 Å². The molecule has 0 aliphatic rings. The molecule has 1 unspecified atom stereocenters. The van der Waals surface area contributed by atoms with Gasteiger partial charge in [0.1, 0.15) is 17.2 Å². The molecule has 2 aromatic carbocycles. The third-order valence-corrected chi connectivity index (χ3v) is 4.40. The minimum Gasteiger partial charge on any atom is -0.465 e. The molecule has 0 bridgehead atoms. The maximum Gasteiger partial charge on any atom is 0.405 e. The number of carbonyl (C=O) groups is 1. The van der Waals surface area contributed by atoms with Crippen LogP contribution in [0.2, 0.25) is 0 Å². The van der Waals surface area contributed by atoms with Gasteiger partial charge in [0.15, 0.2) is 0 Å². The molecule has 3 aromatic rings. The molecule has 6 nitrogen and oxygen atoms in total. The van der Waals surface area contributed by atoms with E-state index in [4.69, 9.17) is 4.42 Å². The summed E-state index contributed by atoms with van der Waals surface area (Å²) < 4.78 is 33.4. The Bertz CT molecular complexity index is 978. The highest BCUT2D eigenvalue weighted by Crippen LogP contribution is 2.30. The number of halogens is 3. The fraction of sp³-hybridized carbons (Fsp3) is 0.167. The van der Waals surface area contributed by atoms with Crippen molar-refractivity contribution < 1.29 is 23.1 Å². The average Bonchev–Trinajstić information content (AvgIpc) is 3.09. The highest BCUT2D eigenvalue weighted by atomic mass is 79.9. The van der Waals surface area contributed by atoms with E-state index in [9.17, 15) is 18.7 Å². The maximum atomic E-state index is 14.1. The van der Waals surface area contributed by atoms with E-state index >= 15 is 0 Å². The molecule has 1 amide bonds. The number of benzene rings is 2. The molecule has 1 heterocycles. The summed E-state index contributed by atoms with van der Waals surface area (Å²) in [7, 11) is 0. The van der Waals surface area contributed by atoms with Crippen molar-refractivity contribution in [2.24, 2.45) is 0 Å². The number of amides is 1. The monoisotopic (exact) mass is 437 g/mol. The molecule has 9 heteroatoms. The Labute approximate surface area is 161 Å². The SMILES string of the molecule is CC(Cc1ccc(F)cc1)(NC(=O)O)c1nnc(-c2cc(Br)ccc2F)o1. The van der Waals surface area contributed by atoms with Crippen LogP contribution < -0.4 is 5.32 Å². The first-order valence-corrected chi connectivity index (χ1v) is 8.61. The van der Waals surface area contributed by atoms with Crippen LogP contribution in [0.5, 0.6) is 0 Å². The summed E-state index contributed by atoms with van der Waals surface area (Å²) in [6, 6.07) is 9.86. The van der Waals surface area contributed by atoms with E-state index in [0.717, 1.165) is 0 Å². The van der Waals surface area contributed by atoms with Crippen LogP contribution in [0.1, 0.15) is 18.4 Å². The van der Waals surface area contributed by atoms with Crippen molar-refractivity contribution in [1.82, 2.24) is 15.5 Å². The molecule has 1 atom stereocenters. The largest absolute Gasteiger partial charge is 0.465 e. The number of hydrogen-bond donors (Lipinski definition) is 2. The molecule has 2 N–H and O–H groups in total. The predicted octanol–water partition coefficient (Wildman–Crippen LogP) is 4.50. The summed E-state index contributed by atoms with van der Waals surface area (Å²) in [5, 5.41) is 19.3. The van der Waals surface area contributed by atoms with E-state index in [2.05, 4.69) is 31.4 Å². The van der Waals surface area contributed by atoms with E-state index in [1.54, 1.807) is 6.92 Å². The van der Waals surface area contributed by atoms with Crippen molar-refractivity contribution >= 4 is 22.0 Å². The highest BCUT2D eigenvalue weighted by Gasteiger charge is 2.35. The van der Waals surface area contributed by atoms with Crippen molar-refractivity contribution in [3.63, 3.8) is 0 Å². The van der Waals surface area contributed by atoms with Gasteiger partial charge in [-0.1, -0.05) is 28.1 Å². The Hall–Kier alpha value is -2.81. The van der Waals surface area contributed by atoms with Gasteiger partial charge in [-0.25, -0.2) is 13.6 Å². The Balaban J connectivity index is 1.98. The zero-order valence-electron chi connectivity index (χ0n) is 14.0. The van der Waals surface area contributed by atoms with Gasteiger partial charge < -0.3 is 14.8 Å². The minimum atomic E-state index is -1.30. The summed E-state index contributed by atoms with van der Waals surface area (Å²) in [5.74, 6) is -1.08. The first kappa shape index (κ1) is 19.0. The molecular weight excluding hydrogens is 424 g/mol. The Kier molecular flexibility index (Phi) is 5.22. The van der Waals surface area contributed by atoms with Gasteiger partial charge in [0, 0.05) is 10.9 Å². The van der Waals surface area contributed by atoms with Crippen molar-refractivity contribution in [3.05, 3.63) is 70.0 Å². The van der Waals surface area contributed by atoms with Crippen LogP contribution in [0.25, 0.3) is 11.5 Å².